The highest BCUT2D eigenvalue weighted by Crippen LogP contribution is 2.13. The van der Waals surface area contributed by atoms with Crippen molar-refractivity contribution in [3.63, 3.8) is 0 Å². The lowest BCUT2D eigenvalue weighted by Crippen LogP contribution is -2.14. The minimum absolute atomic E-state index is 0.236. The van der Waals surface area contributed by atoms with Crippen LogP contribution in [0.4, 0.5) is 0 Å². The van der Waals surface area contributed by atoms with E-state index in [1.807, 2.05) is 6.26 Å². The first-order valence-electron chi connectivity index (χ1n) is 2.90. The summed E-state index contributed by atoms with van der Waals surface area (Å²) in [5, 5.41) is 0.569. The first kappa shape index (κ1) is 8.00. The summed E-state index contributed by atoms with van der Waals surface area (Å²) in [7, 11) is 0. The third-order valence-electron chi connectivity index (χ3n) is 1.09. The highest BCUT2D eigenvalue weighted by Gasteiger charge is 2.08. The maximum absolute atomic E-state index is 10.7. The molecule has 1 rings (SSSR count). The molecule has 11 heavy (non-hydrogen) atoms. The van der Waals surface area contributed by atoms with Gasteiger partial charge in [0.2, 0.25) is 0 Å². The molecule has 0 aromatic carbocycles. The number of nitrogens with zero attached hydrogens (tertiary/aromatic N) is 2. The van der Waals surface area contributed by atoms with E-state index in [-0.39, 0.29) is 5.69 Å². The van der Waals surface area contributed by atoms with E-state index in [1.54, 1.807) is 0 Å². The molecule has 1 aromatic heterocycles. The number of thioether (sulfide) groups is 1. The number of aromatic nitrogens is 2. The topological polar surface area (TPSA) is 68.9 Å². The Balaban J connectivity index is 3.12. The number of primary amides is 1. The fourth-order valence-electron chi connectivity index (χ4n) is 0.644. The van der Waals surface area contributed by atoms with Gasteiger partial charge in [0.15, 0.2) is 5.69 Å². The molecule has 0 atom stereocenters. The Morgan fingerprint density at radius 2 is 2.18 bits per heavy atom. The first-order valence-corrected chi connectivity index (χ1v) is 4.13. The van der Waals surface area contributed by atoms with Crippen molar-refractivity contribution in [2.75, 3.05) is 6.26 Å². The van der Waals surface area contributed by atoms with Gasteiger partial charge < -0.3 is 5.73 Å². The normalized spacial score (nSPS) is 9.55. The number of hydrogen-bond donors (Lipinski definition) is 1. The molecular formula is C6H7N3OS. The van der Waals surface area contributed by atoms with Gasteiger partial charge in [0.25, 0.3) is 5.91 Å². The maximum Gasteiger partial charge on any atom is 0.270 e. The number of rotatable bonds is 2. The van der Waals surface area contributed by atoms with Gasteiger partial charge in [-0.15, -0.1) is 11.8 Å². The van der Waals surface area contributed by atoms with Gasteiger partial charge in [0.1, 0.15) is 5.03 Å². The van der Waals surface area contributed by atoms with Crippen LogP contribution >= 0.6 is 11.8 Å². The molecule has 5 heteroatoms. The number of hydrogen-bond acceptors (Lipinski definition) is 4. The lowest BCUT2D eigenvalue weighted by Gasteiger charge is -1.98. The predicted octanol–water partition coefficient (Wildman–Crippen LogP) is 0.297. The van der Waals surface area contributed by atoms with Gasteiger partial charge >= 0.3 is 0 Å². The quantitative estimate of drug-likeness (QED) is 0.646. The van der Waals surface area contributed by atoms with Gasteiger partial charge in [-0.3, -0.25) is 4.79 Å². The molecule has 0 unspecified atom stereocenters. The second-order valence-corrected chi connectivity index (χ2v) is 2.57. The minimum Gasteiger partial charge on any atom is -0.364 e. The molecule has 1 heterocycles. The van der Waals surface area contributed by atoms with Crippen molar-refractivity contribution >= 4 is 17.7 Å². The van der Waals surface area contributed by atoms with Gasteiger partial charge in [-0.25, -0.2) is 9.97 Å². The van der Waals surface area contributed by atoms with Crippen LogP contribution in [0.2, 0.25) is 0 Å². The third-order valence-corrected chi connectivity index (χ3v) is 1.78. The summed E-state index contributed by atoms with van der Waals surface area (Å²) >= 11 is 1.35. The van der Waals surface area contributed by atoms with Crippen LogP contribution in [0.25, 0.3) is 0 Å². The second-order valence-electron chi connectivity index (χ2n) is 1.78. The average molecular weight is 169 g/mol. The van der Waals surface area contributed by atoms with E-state index in [9.17, 15) is 4.79 Å². The lowest BCUT2D eigenvalue weighted by atomic mass is 10.4. The van der Waals surface area contributed by atoms with Crippen LogP contribution in [0.1, 0.15) is 10.5 Å². The average Bonchev–Trinajstić information content (AvgIpc) is 2.04. The molecule has 0 spiro atoms. The maximum atomic E-state index is 10.7. The van der Waals surface area contributed by atoms with Crippen molar-refractivity contribution in [2.24, 2.45) is 5.73 Å². The largest absolute Gasteiger partial charge is 0.364 e. The summed E-state index contributed by atoms with van der Waals surface area (Å²) in [6, 6.07) is 0. The molecule has 0 aliphatic rings. The second kappa shape index (κ2) is 3.34. The summed E-state index contributed by atoms with van der Waals surface area (Å²) in [6.07, 6.45) is 4.79. The summed E-state index contributed by atoms with van der Waals surface area (Å²) in [4.78, 5) is 18.4. The van der Waals surface area contributed by atoms with E-state index in [0.29, 0.717) is 5.03 Å². The van der Waals surface area contributed by atoms with Crippen LogP contribution in [-0.4, -0.2) is 22.1 Å². The number of carbonyl (C=O) groups is 1. The zero-order chi connectivity index (χ0) is 8.27. The monoisotopic (exact) mass is 169 g/mol. The third kappa shape index (κ3) is 1.68. The molecule has 58 valence electrons. The fraction of sp³-hybridized carbons (Fsp3) is 0.167. The highest BCUT2D eigenvalue weighted by atomic mass is 32.2. The van der Waals surface area contributed by atoms with Gasteiger partial charge in [-0.05, 0) is 6.26 Å². The first-order chi connectivity index (χ1) is 5.25. The molecule has 0 aliphatic carbocycles. The Hall–Kier alpha value is -1.10. The number of amides is 1. The van der Waals surface area contributed by atoms with Gasteiger partial charge in [-0.2, -0.15) is 0 Å². The Labute approximate surface area is 68.2 Å². The molecule has 4 nitrogen and oxygen atoms in total. The van der Waals surface area contributed by atoms with Gasteiger partial charge in [0.05, 0.1) is 0 Å². The Morgan fingerprint density at radius 3 is 2.64 bits per heavy atom. The van der Waals surface area contributed by atoms with E-state index in [1.165, 1.54) is 24.2 Å². The molecule has 0 aliphatic heterocycles. The van der Waals surface area contributed by atoms with Crippen LogP contribution in [0, 0.1) is 0 Å². The fourth-order valence-corrected chi connectivity index (χ4v) is 1.16. The van der Waals surface area contributed by atoms with Crippen molar-refractivity contribution in [3.05, 3.63) is 18.1 Å². The summed E-state index contributed by atoms with van der Waals surface area (Å²) < 4.78 is 0. The molecule has 0 radical (unpaired) electrons. The number of carbonyl (C=O) groups excluding carboxylic acids is 1. The van der Waals surface area contributed by atoms with Crippen LogP contribution in [0.15, 0.2) is 17.4 Å². The molecule has 1 aromatic rings. The predicted molar refractivity (Wildman–Crippen MR) is 42.3 cm³/mol. The Kier molecular flexibility index (Phi) is 2.43. The zero-order valence-electron chi connectivity index (χ0n) is 5.94. The Bertz CT molecular complexity index is 276. The van der Waals surface area contributed by atoms with Crippen LogP contribution in [0.3, 0.4) is 0 Å². The van der Waals surface area contributed by atoms with E-state index >= 15 is 0 Å². The van der Waals surface area contributed by atoms with E-state index < -0.39 is 5.91 Å². The SMILES string of the molecule is CSc1nccnc1C(N)=O. The minimum atomic E-state index is -0.539. The van der Waals surface area contributed by atoms with E-state index in [4.69, 9.17) is 5.73 Å². The van der Waals surface area contributed by atoms with Crippen molar-refractivity contribution in [1.29, 1.82) is 0 Å². The van der Waals surface area contributed by atoms with E-state index in [2.05, 4.69) is 9.97 Å². The molecular weight excluding hydrogens is 162 g/mol. The molecule has 0 saturated heterocycles. The summed E-state index contributed by atoms with van der Waals surface area (Å²) in [6.45, 7) is 0. The molecule has 1 amide bonds. The van der Waals surface area contributed by atoms with Crippen LogP contribution in [-0.2, 0) is 0 Å². The van der Waals surface area contributed by atoms with Gasteiger partial charge in [0, 0.05) is 12.4 Å². The van der Waals surface area contributed by atoms with Crippen LogP contribution in [0.5, 0.6) is 0 Å². The van der Waals surface area contributed by atoms with Crippen molar-refractivity contribution in [1.82, 2.24) is 9.97 Å². The van der Waals surface area contributed by atoms with Crippen molar-refractivity contribution in [2.45, 2.75) is 5.03 Å². The molecule has 0 fully saturated rings. The van der Waals surface area contributed by atoms with E-state index in [0.717, 1.165) is 0 Å². The van der Waals surface area contributed by atoms with Crippen molar-refractivity contribution < 1.29 is 4.79 Å². The smallest absolute Gasteiger partial charge is 0.270 e. The van der Waals surface area contributed by atoms with Gasteiger partial charge in [-0.1, -0.05) is 0 Å². The summed E-state index contributed by atoms with van der Waals surface area (Å²) in [5.74, 6) is -0.539. The molecule has 0 saturated carbocycles. The molecule has 0 bridgehead atoms. The van der Waals surface area contributed by atoms with Crippen molar-refractivity contribution in [3.8, 4) is 0 Å². The zero-order valence-corrected chi connectivity index (χ0v) is 6.76. The highest BCUT2D eigenvalue weighted by molar-refractivity contribution is 7.98. The Morgan fingerprint density at radius 1 is 1.55 bits per heavy atom. The molecule has 2 N–H and O–H groups in total. The lowest BCUT2D eigenvalue weighted by molar-refractivity contribution is 0.0991. The number of nitrogens with two attached hydrogens (primary N) is 1. The summed E-state index contributed by atoms with van der Waals surface area (Å²) in [5.41, 5.74) is 5.27. The standard InChI is InChI=1S/C6H7N3OS/c1-11-6-4(5(7)10)8-2-3-9-6/h2-3H,1H3,(H2,7,10). The van der Waals surface area contributed by atoms with Crippen LogP contribution < -0.4 is 5.73 Å².